The number of cyclic esters (lactones) is 1. The number of carbonyl (C=O) groups is 3. The van der Waals surface area contributed by atoms with Gasteiger partial charge in [0, 0.05) is 25.4 Å². The van der Waals surface area contributed by atoms with Crippen LogP contribution in [0, 0.1) is 11.8 Å². The Labute approximate surface area is 223 Å². The summed E-state index contributed by atoms with van der Waals surface area (Å²) in [5, 5.41) is 9.37. The molecule has 0 saturated carbocycles. The number of fused-ring (bicyclic) bond motifs is 2. The molecule has 9 nitrogen and oxygen atoms in total. The highest BCUT2D eigenvalue weighted by Crippen LogP contribution is 2.58. The zero-order valence-corrected chi connectivity index (χ0v) is 22.0. The minimum atomic E-state index is -1.32. The number of carbonyl (C=O) groups excluding carboxylic acids is 3. The number of likely N-dealkylation sites (tertiary alicyclic amines) is 1. The molecular formula is C29H36N2O7. The number of anilines is 1. The molecule has 4 aliphatic heterocycles. The van der Waals surface area contributed by atoms with E-state index in [0.717, 1.165) is 6.42 Å². The molecule has 4 heterocycles. The van der Waals surface area contributed by atoms with Crippen LogP contribution in [-0.4, -0.2) is 78.4 Å². The molecule has 1 aromatic carbocycles. The second kappa shape index (κ2) is 10.5. The number of nitrogens with zero attached hydrogens (tertiary/aromatic N) is 2. The van der Waals surface area contributed by atoms with Gasteiger partial charge >= 0.3 is 5.97 Å². The van der Waals surface area contributed by atoms with Crippen molar-refractivity contribution in [2.75, 3.05) is 38.3 Å². The second-order valence-electron chi connectivity index (χ2n) is 10.3. The fraction of sp³-hybridized carbons (Fsp3) is 0.552. The largest absolute Gasteiger partial charge is 0.497 e. The summed E-state index contributed by atoms with van der Waals surface area (Å²) in [5.41, 5.74) is -1.71. The number of allylic oxidation sites excluding steroid dienone is 1. The van der Waals surface area contributed by atoms with Gasteiger partial charge in [-0.3, -0.25) is 14.4 Å². The number of hydrogen-bond donors (Lipinski definition) is 1. The molecule has 5 atom stereocenters. The van der Waals surface area contributed by atoms with Crippen LogP contribution in [0.3, 0.4) is 0 Å². The normalized spacial score (nSPS) is 33.4. The average molecular weight is 525 g/mol. The van der Waals surface area contributed by atoms with Gasteiger partial charge in [0.2, 0.25) is 5.91 Å². The maximum Gasteiger partial charge on any atom is 0.313 e. The van der Waals surface area contributed by atoms with Crippen LogP contribution in [0.15, 0.2) is 48.6 Å². The number of unbranched alkanes of at least 4 members (excludes halogenated alkanes) is 1. The summed E-state index contributed by atoms with van der Waals surface area (Å²) < 4.78 is 17.8. The molecule has 0 aliphatic carbocycles. The molecule has 9 heteroatoms. The second-order valence-corrected chi connectivity index (χ2v) is 10.3. The summed E-state index contributed by atoms with van der Waals surface area (Å²) in [7, 11) is 1.58. The van der Waals surface area contributed by atoms with Crippen molar-refractivity contribution < 1.29 is 33.7 Å². The lowest BCUT2D eigenvalue weighted by Gasteiger charge is -2.38. The number of esters is 1. The van der Waals surface area contributed by atoms with Gasteiger partial charge in [-0.1, -0.05) is 31.2 Å². The third-order valence-corrected chi connectivity index (χ3v) is 8.32. The zero-order chi connectivity index (χ0) is 26.9. The van der Waals surface area contributed by atoms with Crippen molar-refractivity contribution >= 4 is 23.5 Å². The molecule has 0 aromatic heterocycles. The number of methoxy groups -OCH3 is 1. The Kier molecular flexibility index (Phi) is 7.33. The van der Waals surface area contributed by atoms with E-state index in [4.69, 9.17) is 14.2 Å². The van der Waals surface area contributed by atoms with Gasteiger partial charge in [-0.2, -0.15) is 0 Å². The van der Waals surface area contributed by atoms with Gasteiger partial charge in [-0.05, 0) is 56.4 Å². The monoisotopic (exact) mass is 524 g/mol. The number of hydrogen-bond acceptors (Lipinski definition) is 7. The summed E-state index contributed by atoms with van der Waals surface area (Å²) >= 11 is 0. The Morgan fingerprint density at radius 2 is 1.84 bits per heavy atom. The van der Waals surface area contributed by atoms with Crippen LogP contribution >= 0.6 is 0 Å². The maximum absolute atomic E-state index is 14.4. The van der Waals surface area contributed by atoms with Gasteiger partial charge in [0.05, 0.1) is 19.6 Å². The van der Waals surface area contributed by atoms with E-state index in [2.05, 4.69) is 0 Å². The van der Waals surface area contributed by atoms with Crippen LogP contribution in [0.25, 0.3) is 0 Å². The van der Waals surface area contributed by atoms with Crippen LogP contribution in [0.1, 0.15) is 39.0 Å². The van der Waals surface area contributed by atoms with Crippen molar-refractivity contribution in [1.82, 2.24) is 4.90 Å². The summed E-state index contributed by atoms with van der Waals surface area (Å²) in [6.45, 7) is 2.77. The first-order chi connectivity index (χ1) is 18.4. The SMILES string of the molecule is CC[C@]12/C=C\CCCOC(=O)[C@H]1[C@H]1C(=O)N(CCCCO)C3C(=O)N(c4ccc(OC)cc4)CC=C[C@@]31O2. The third-order valence-electron chi connectivity index (χ3n) is 8.32. The number of amides is 2. The molecule has 1 N–H and O–H groups in total. The van der Waals surface area contributed by atoms with Crippen molar-refractivity contribution in [3.8, 4) is 5.75 Å². The Bertz CT molecular complexity index is 1130. The highest BCUT2D eigenvalue weighted by Gasteiger charge is 2.75. The molecule has 1 aromatic rings. The summed E-state index contributed by atoms with van der Waals surface area (Å²) in [5.74, 6) is -2.10. The van der Waals surface area contributed by atoms with Crippen molar-refractivity contribution in [1.29, 1.82) is 0 Å². The molecule has 4 aliphatic rings. The van der Waals surface area contributed by atoms with E-state index in [0.29, 0.717) is 43.7 Å². The number of rotatable bonds is 7. The van der Waals surface area contributed by atoms with Crippen LogP contribution < -0.4 is 9.64 Å². The summed E-state index contributed by atoms with van der Waals surface area (Å²) in [4.78, 5) is 45.3. The number of aliphatic hydroxyl groups excluding tert-OH is 1. The van der Waals surface area contributed by atoms with Gasteiger partial charge in [0.25, 0.3) is 5.91 Å². The minimum Gasteiger partial charge on any atom is -0.497 e. The molecule has 204 valence electrons. The quantitative estimate of drug-likeness (QED) is 0.332. The number of aliphatic hydroxyl groups is 1. The third kappa shape index (κ3) is 4.12. The lowest BCUT2D eigenvalue weighted by molar-refractivity contribution is -0.159. The summed E-state index contributed by atoms with van der Waals surface area (Å²) in [6.07, 6.45) is 10.5. The van der Waals surface area contributed by atoms with E-state index in [1.165, 1.54) is 0 Å². The fourth-order valence-electron chi connectivity index (χ4n) is 6.50. The van der Waals surface area contributed by atoms with Crippen LogP contribution in [0.2, 0.25) is 0 Å². The van der Waals surface area contributed by atoms with Gasteiger partial charge in [-0.15, -0.1) is 0 Å². The standard InChI is InChI=1S/C29H36N2O7/c1-3-28-14-5-4-8-19-37-27(35)23(28)22-25(33)31(16-6-7-18-32)24-26(34)30(17-9-15-29(22,24)38-28)20-10-12-21(36-2)13-11-20/h5,9-15,22-24,32H,3-4,6-8,16-19H2,1-2H3/b14-5-/t22-,23+,24?,28-,29-/m0/s1. The highest BCUT2D eigenvalue weighted by atomic mass is 16.6. The lowest BCUT2D eigenvalue weighted by atomic mass is 9.73. The van der Waals surface area contributed by atoms with Gasteiger partial charge in [0.1, 0.15) is 28.9 Å². The van der Waals surface area contributed by atoms with E-state index in [-0.39, 0.29) is 31.6 Å². The van der Waals surface area contributed by atoms with E-state index in [9.17, 15) is 19.5 Å². The Morgan fingerprint density at radius 3 is 2.55 bits per heavy atom. The summed E-state index contributed by atoms with van der Waals surface area (Å²) in [6, 6.07) is 6.25. The topological polar surface area (TPSA) is 106 Å². The van der Waals surface area contributed by atoms with E-state index < -0.39 is 35.0 Å². The van der Waals surface area contributed by atoms with Crippen LogP contribution in [-0.2, 0) is 23.9 Å². The molecule has 5 rings (SSSR count). The molecule has 1 spiro atoms. The van der Waals surface area contributed by atoms with Crippen molar-refractivity contribution in [2.45, 2.75) is 56.3 Å². The zero-order valence-electron chi connectivity index (χ0n) is 22.0. The van der Waals surface area contributed by atoms with Gasteiger partial charge in [-0.25, -0.2) is 0 Å². The Hall–Kier alpha value is -3.17. The minimum absolute atomic E-state index is 0.0116. The molecule has 0 radical (unpaired) electrons. The van der Waals surface area contributed by atoms with E-state index in [1.54, 1.807) is 29.0 Å². The first kappa shape index (κ1) is 26.4. The molecule has 1 unspecified atom stereocenters. The first-order valence-electron chi connectivity index (χ1n) is 13.5. The number of ether oxygens (including phenoxy) is 3. The van der Waals surface area contributed by atoms with Crippen LogP contribution in [0.5, 0.6) is 5.75 Å². The first-order valence-corrected chi connectivity index (χ1v) is 13.5. The lowest BCUT2D eigenvalue weighted by Crippen LogP contribution is -2.56. The smallest absolute Gasteiger partial charge is 0.313 e. The van der Waals surface area contributed by atoms with Crippen molar-refractivity contribution in [2.24, 2.45) is 11.8 Å². The molecule has 2 saturated heterocycles. The Morgan fingerprint density at radius 1 is 1.05 bits per heavy atom. The van der Waals surface area contributed by atoms with E-state index >= 15 is 0 Å². The van der Waals surface area contributed by atoms with Gasteiger partial charge in [0.15, 0.2) is 0 Å². The average Bonchev–Trinajstić information content (AvgIpc) is 3.30. The van der Waals surface area contributed by atoms with Crippen molar-refractivity contribution in [3.63, 3.8) is 0 Å². The molecule has 0 bridgehead atoms. The van der Waals surface area contributed by atoms with Gasteiger partial charge < -0.3 is 29.1 Å². The highest BCUT2D eigenvalue weighted by molar-refractivity contribution is 6.05. The molecular weight excluding hydrogens is 488 g/mol. The number of benzene rings is 1. The Balaban J connectivity index is 1.62. The molecule has 38 heavy (non-hydrogen) atoms. The predicted octanol–water partition coefficient (Wildman–Crippen LogP) is 2.62. The molecule has 2 fully saturated rings. The fourth-order valence-corrected chi connectivity index (χ4v) is 6.50. The maximum atomic E-state index is 14.4. The van der Waals surface area contributed by atoms with E-state index in [1.807, 2.05) is 43.4 Å². The van der Waals surface area contributed by atoms with Crippen molar-refractivity contribution in [3.05, 3.63) is 48.6 Å². The molecule has 2 amide bonds. The van der Waals surface area contributed by atoms with Crippen LogP contribution in [0.4, 0.5) is 5.69 Å². The predicted molar refractivity (Wildman–Crippen MR) is 139 cm³/mol.